The number of hydrogen-bond donors (Lipinski definition) is 0. The van der Waals surface area contributed by atoms with Gasteiger partial charge in [0.15, 0.2) is 0 Å². The van der Waals surface area contributed by atoms with Crippen LogP contribution in [-0.2, 0) is 15.0 Å². The second-order valence-electron chi connectivity index (χ2n) is 8.69. The van der Waals surface area contributed by atoms with Crippen LogP contribution in [0.3, 0.4) is 0 Å². The third-order valence-corrected chi connectivity index (χ3v) is 7.66. The largest absolute Gasteiger partial charge is 0.495 e. The van der Waals surface area contributed by atoms with Gasteiger partial charge >= 0.3 is 0 Å². The number of methoxy groups -OCH3 is 1. The van der Waals surface area contributed by atoms with Crippen LogP contribution in [0.2, 0.25) is 5.02 Å². The molecule has 5 heteroatoms. The van der Waals surface area contributed by atoms with Crippen LogP contribution < -0.4 is 9.64 Å². The highest BCUT2D eigenvalue weighted by molar-refractivity contribution is 6.31. The van der Waals surface area contributed by atoms with E-state index in [1.807, 2.05) is 24.3 Å². The number of nitrogens with zero attached hydrogens (tertiary/aromatic N) is 1. The molecule has 3 aliphatic carbocycles. The number of ether oxygens (including phenoxy) is 1. The monoisotopic (exact) mass is 429 g/mol. The Morgan fingerprint density at radius 1 is 0.903 bits per heavy atom. The second kappa shape index (κ2) is 6.21. The molecule has 3 aromatic carbocycles. The standard InChI is InChI=1S/C26H20ClNO3/c1-26-17-9-5-3-7-15(17)21(16-8-4-6-10-18(16)26)22-23(26)25(30)28(24(22)29)19-13-14(27)11-12-20(19)31-2/h3-13,21-23H,1-2H3/t21?,22-,23+,26?/m0/s1. The Hall–Kier alpha value is -3.11. The van der Waals surface area contributed by atoms with E-state index in [0.717, 1.165) is 22.3 Å². The molecule has 31 heavy (non-hydrogen) atoms. The molecule has 1 aliphatic heterocycles. The molecule has 3 aromatic rings. The zero-order valence-electron chi connectivity index (χ0n) is 17.1. The molecule has 0 N–H and O–H groups in total. The van der Waals surface area contributed by atoms with Gasteiger partial charge in [0.1, 0.15) is 5.75 Å². The molecule has 0 saturated carbocycles. The predicted molar refractivity (Wildman–Crippen MR) is 119 cm³/mol. The first kappa shape index (κ1) is 18.6. The Balaban J connectivity index is 1.62. The summed E-state index contributed by atoms with van der Waals surface area (Å²) < 4.78 is 5.48. The van der Waals surface area contributed by atoms with Gasteiger partial charge in [0.05, 0.1) is 24.6 Å². The molecule has 0 spiro atoms. The van der Waals surface area contributed by atoms with Crippen LogP contribution in [0.1, 0.15) is 35.1 Å². The first-order valence-electron chi connectivity index (χ1n) is 10.4. The number of amides is 2. The van der Waals surface area contributed by atoms with E-state index in [9.17, 15) is 9.59 Å². The van der Waals surface area contributed by atoms with Crippen LogP contribution in [0.25, 0.3) is 0 Å². The summed E-state index contributed by atoms with van der Waals surface area (Å²) in [6.07, 6.45) is 0. The van der Waals surface area contributed by atoms with Crippen molar-refractivity contribution in [3.63, 3.8) is 0 Å². The van der Waals surface area contributed by atoms with Gasteiger partial charge < -0.3 is 4.74 Å². The molecule has 1 heterocycles. The van der Waals surface area contributed by atoms with Gasteiger partial charge in [0.2, 0.25) is 11.8 Å². The lowest BCUT2D eigenvalue weighted by Gasteiger charge is -2.52. The van der Waals surface area contributed by atoms with Gasteiger partial charge in [-0.25, -0.2) is 4.90 Å². The first-order chi connectivity index (χ1) is 15.0. The van der Waals surface area contributed by atoms with Crippen molar-refractivity contribution >= 4 is 29.1 Å². The fourth-order valence-electron chi connectivity index (χ4n) is 6.23. The zero-order chi connectivity index (χ0) is 21.5. The van der Waals surface area contributed by atoms with E-state index < -0.39 is 17.3 Å². The smallest absolute Gasteiger partial charge is 0.239 e. The topological polar surface area (TPSA) is 46.6 Å². The summed E-state index contributed by atoms with van der Waals surface area (Å²) in [7, 11) is 1.53. The van der Waals surface area contributed by atoms with Crippen molar-refractivity contribution < 1.29 is 14.3 Å². The average Bonchev–Trinajstić information content (AvgIpc) is 3.05. The normalized spacial score (nSPS) is 27.7. The van der Waals surface area contributed by atoms with Crippen LogP contribution >= 0.6 is 11.6 Å². The molecular weight excluding hydrogens is 410 g/mol. The SMILES string of the molecule is COc1ccc(Cl)cc1N1C(=O)[C@H]2C3c4ccccc4C(C)(c4ccccc43)[C@H]2C1=O. The molecule has 4 nitrogen and oxygen atoms in total. The second-order valence-corrected chi connectivity index (χ2v) is 9.12. The Bertz CT molecular complexity index is 1240. The number of carbonyl (C=O) groups excluding carboxylic acids is 2. The minimum atomic E-state index is -0.583. The third-order valence-electron chi connectivity index (χ3n) is 7.42. The third kappa shape index (κ3) is 2.16. The van der Waals surface area contributed by atoms with Gasteiger partial charge in [-0.2, -0.15) is 0 Å². The lowest BCUT2D eigenvalue weighted by Crippen LogP contribution is -2.51. The fraction of sp³-hybridized carbons (Fsp3) is 0.231. The highest BCUT2D eigenvalue weighted by Crippen LogP contribution is 2.64. The lowest BCUT2D eigenvalue weighted by atomic mass is 9.48. The maximum Gasteiger partial charge on any atom is 0.239 e. The minimum Gasteiger partial charge on any atom is -0.495 e. The number of anilines is 1. The van der Waals surface area contributed by atoms with Crippen LogP contribution in [-0.4, -0.2) is 18.9 Å². The predicted octanol–water partition coefficient (Wildman–Crippen LogP) is 4.92. The molecule has 2 bridgehead atoms. The Morgan fingerprint density at radius 2 is 1.52 bits per heavy atom. The molecule has 0 unspecified atom stereocenters. The molecule has 1 fully saturated rings. The summed E-state index contributed by atoms with van der Waals surface area (Å²) in [5, 5.41) is 0.451. The number of benzene rings is 3. The number of rotatable bonds is 2. The summed E-state index contributed by atoms with van der Waals surface area (Å²) in [5.74, 6) is -0.990. The van der Waals surface area contributed by atoms with Crippen LogP contribution in [0.5, 0.6) is 5.75 Å². The molecule has 154 valence electrons. The fourth-order valence-corrected chi connectivity index (χ4v) is 6.39. The highest BCUT2D eigenvalue weighted by Gasteiger charge is 2.66. The van der Waals surface area contributed by atoms with Crippen molar-refractivity contribution in [2.75, 3.05) is 12.0 Å². The summed E-state index contributed by atoms with van der Waals surface area (Å²) >= 11 is 6.24. The molecule has 2 atom stereocenters. The van der Waals surface area contributed by atoms with Gasteiger partial charge in [0.25, 0.3) is 0 Å². The first-order valence-corrected chi connectivity index (χ1v) is 10.8. The number of hydrogen-bond acceptors (Lipinski definition) is 3. The van der Waals surface area contributed by atoms with Gasteiger partial charge in [-0.1, -0.05) is 67.1 Å². The summed E-state index contributed by atoms with van der Waals surface area (Å²) in [6.45, 7) is 2.11. The van der Waals surface area contributed by atoms with E-state index in [-0.39, 0.29) is 17.7 Å². The molecular formula is C26H20ClNO3. The zero-order valence-corrected chi connectivity index (χ0v) is 17.9. The van der Waals surface area contributed by atoms with E-state index in [0.29, 0.717) is 16.5 Å². The van der Waals surface area contributed by atoms with E-state index in [1.54, 1.807) is 18.2 Å². The van der Waals surface area contributed by atoms with Crippen molar-refractivity contribution in [1.29, 1.82) is 0 Å². The van der Waals surface area contributed by atoms with Gasteiger partial charge in [-0.05, 0) is 40.5 Å². The Morgan fingerprint density at radius 3 is 2.13 bits per heavy atom. The van der Waals surface area contributed by atoms with E-state index in [2.05, 4.69) is 31.2 Å². The lowest BCUT2D eigenvalue weighted by molar-refractivity contribution is -0.123. The van der Waals surface area contributed by atoms with Crippen molar-refractivity contribution in [1.82, 2.24) is 0 Å². The van der Waals surface area contributed by atoms with Crippen LogP contribution in [0.15, 0.2) is 66.7 Å². The maximum absolute atomic E-state index is 14.0. The Kier molecular flexibility index (Phi) is 3.73. The molecule has 0 aromatic heterocycles. The van der Waals surface area contributed by atoms with E-state index in [4.69, 9.17) is 16.3 Å². The number of carbonyl (C=O) groups is 2. The molecule has 4 aliphatic rings. The summed E-state index contributed by atoms with van der Waals surface area (Å²) in [4.78, 5) is 29.1. The van der Waals surface area contributed by atoms with Gasteiger partial charge in [-0.3, -0.25) is 9.59 Å². The quantitative estimate of drug-likeness (QED) is 0.543. The van der Waals surface area contributed by atoms with Crippen molar-refractivity contribution in [3.05, 3.63) is 94.0 Å². The van der Waals surface area contributed by atoms with Crippen molar-refractivity contribution in [3.8, 4) is 5.75 Å². The van der Waals surface area contributed by atoms with Crippen LogP contribution in [0.4, 0.5) is 5.69 Å². The van der Waals surface area contributed by atoms with Crippen LogP contribution in [0, 0.1) is 11.8 Å². The number of imide groups is 1. The molecule has 7 rings (SSSR count). The van der Waals surface area contributed by atoms with Gasteiger partial charge in [-0.15, -0.1) is 0 Å². The number of halogens is 1. The maximum atomic E-state index is 14.0. The van der Waals surface area contributed by atoms with E-state index >= 15 is 0 Å². The average molecular weight is 430 g/mol. The van der Waals surface area contributed by atoms with E-state index in [1.165, 1.54) is 12.0 Å². The summed E-state index contributed by atoms with van der Waals surface area (Å²) in [6, 6.07) is 21.5. The molecule has 1 saturated heterocycles. The van der Waals surface area contributed by atoms with Crippen molar-refractivity contribution in [2.24, 2.45) is 11.8 Å². The minimum absolute atomic E-state index is 0.147. The van der Waals surface area contributed by atoms with Gasteiger partial charge in [0, 0.05) is 16.4 Å². The van der Waals surface area contributed by atoms with Crippen molar-refractivity contribution in [2.45, 2.75) is 18.3 Å². The highest BCUT2D eigenvalue weighted by atomic mass is 35.5. The molecule has 2 amide bonds. The molecule has 0 radical (unpaired) electrons. The Labute approximate surface area is 185 Å². The summed E-state index contributed by atoms with van der Waals surface area (Å²) in [5.41, 5.74) is 4.40.